The van der Waals surface area contributed by atoms with E-state index in [1.165, 1.54) is 6.92 Å². The van der Waals surface area contributed by atoms with Gasteiger partial charge >= 0.3 is 0 Å². The molecule has 0 amide bonds. The van der Waals surface area contributed by atoms with Gasteiger partial charge in [0.25, 0.3) is 0 Å². The number of ketones is 1. The van der Waals surface area contributed by atoms with Crippen molar-refractivity contribution < 1.29 is 4.79 Å². The maximum Gasteiger partial charge on any atom is 0.150 e. The molecule has 54 valence electrons. The van der Waals surface area contributed by atoms with Crippen molar-refractivity contribution in [2.24, 2.45) is 5.41 Å². The molecule has 0 aliphatic heterocycles. The first-order valence-corrected chi connectivity index (χ1v) is 3.10. The molecule has 0 aromatic rings. The summed E-state index contributed by atoms with van der Waals surface area (Å²) in [5.41, 5.74) is -0.859. The second-order valence-electron chi connectivity index (χ2n) is 2.49. The highest BCUT2D eigenvalue weighted by Crippen LogP contribution is 2.21. The highest BCUT2D eigenvalue weighted by atomic mass is 16.1. The van der Waals surface area contributed by atoms with Crippen LogP contribution in [0.4, 0.5) is 0 Å². The van der Waals surface area contributed by atoms with Crippen molar-refractivity contribution in [1.82, 2.24) is 0 Å². The van der Waals surface area contributed by atoms with Crippen molar-refractivity contribution >= 4 is 5.78 Å². The number of hydrogen-bond donors (Lipinski definition) is 0. The van der Waals surface area contributed by atoms with Crippen LogP contribution in [0.5, 0.6) is 0 Å². The maximum atomic E-state index is 10.8. The Kier molecular flexibility index (Phi) is 2.82. The first-order chi connectivity index (χ1) is 4.56. The van der Waals surface area contributed by atoms with E-state index >= 15 is 0 Å². The number of hydrogen-bond acceptors (Lipinski definition) is 2. The second-order valence-corrected chi connectivity index (χ2v) is 2.49. The largest absolute Gasteiger partial charge is 0.298 e. The molecule has 0 bridgehead atoms. The van der Waals surface area contributed by atoms with E-state index in [0.29, 0.717) is 6.42 Å². The van der Waals surface area contributed by atoms with E-state index in [2.05, 4.69) is 6.58 Å². The standard InChI is InChI=1S/C8H11NO/c1-4-5-8(3,6-9)7(2)10/h4H,1,5H2,2-3H3/t8-/m1/s1. The lowest BCUT2D eigenvalue weighted by molar-refractivity contribution is -0.122. The Hall–Kier alpha value is -1.10. The third-order valence-electron chi connectivity index (χ3n) is 1.58. The molecular weight excluding hydrogens is 126 g/mol. The van der Waals surface area contributed by atoms with Crippen molar-refractivity contribution in [1.29, 1.82) is 5.26 Å². The molecule has 0 aromatic carbocycles. The van der Waals surface area contributed by atoms with Gasteiger partial charge in [0.1, 0.15) is 11.2 Å². The van der Waals surface area contributed by atoms with Crippen molar-refractivity contribution in [3.05, 3.63) is 12.7 Å². The number of rotatable bonds is 3. The van der Waals surface area contributed by atoms with Gasteiger partial charge < -0.3 is 0 Å². The normalized spacial score (nSPS) is 14.9. The number of Topliss-reactive ketones (excluding diaryl/α,β-unsaturated/α-hetero) is 1. The van der Waals surface area contributed by atoms with Gasteiger partial charge in [-0.15, -0.1) is 6.58 Å². The fourth-order valence-corrected chi connectivity index (χ4v) is 0.557. The Morgan fingerprint density at radius 3 is 2.50 bits per heavy atom. The lowest BCUT2D eigenvalue weighted by Crippen LogP contribution is -2.22. The molecular formula is C8H11NO. The van der Waals surface area contributed by atoms with Crippen LogP contribution in [0.25, 0.3) is 0 Å². The topological polar surface area (TPSA) is 40.9 Å². The SMILES string of the molecule is C=CC[C@](C)(C#N)C(C)=O. The minimum atomic E-state index is -0.859. The third kappa shape index (κ3) is 1.70. The van der Waals surface area contributed by atoms with Gasteiger partial charge in [0, 0.05) is 0 Å². The lowest BCUT2D eigenvalue weighted by atomic mass is 9.85. The van der Waals surface area contributed by atoms with E-state index in [1.54, 1.807) is 13.0 Å². The minimum Gasteiger partial charge on any atom is -0.298 e. The zero-order chi connectivity index (χ0) is 8.20. The summed E-state index contributed by atoms with van der Waals surface area (Å²) in [5, 5.41) is 8.57. The van der Waals surface area contributed by atoms with Crippen molar-refractivity contribution in [3.63, 3.8) is 0 Å². The molecule has 0 saturated carbocycles. The van der Waals surface area contributed by atoms with Gasteiger partial charge in [-0.1, -0.05) is 6.08 Å². The van der Waals surface area contributed by atoms with Gasteiger partial charge in [0.2, 0.25) is 0 Å². The lowest BCUT2D eigenvalue weighted by Gasteiger charge is -2.13. The molecule has 0 spiro atoms. The summed E-state index contributed by atoms with van der Waals surface area (Å²) < 4.78 is 0. The monoisotopic (exact) mass is 137 g/mol. The van der Waals surface area contributed by atoms with E-state index in [1.807, 2.05) is 6.07 Å². The molecule has 0 rings (SSSR count). The van der Waals surface area contributed by atoms with Crippen molar-refractivity contribution in [3.8, 4) is 6.07 Å². The van der Waals surface area contributed by atoms with Crippen LogP contribution in [-0.4, -0.2) is 5.78 Å². The van der Waals surface area contributed by atoms with Crippen LogP contribution in [0.15, 0.2) is 12.7 Å². The van der Waals surface area contributed by atoms with Gasteiger partial charge in [-0.3, -0.25) is 4.79 Å². The molecule has 0 fully saturated rings. The molecule has 0 unspecified atom stereocenters. The van der Waals surface area contributed by atoms with Crippen molar-refractivity contribution in [2.45, 2.75) is 20.3 Å². The maximum absolute atomic E-state index is 10.8. The second kappa shape index (κ2) is 3.17. The van der Waals surface area contributed by atoms with E-state index < -0.39 is 5.41 Å². The van der Waals surface area contributed by atoms with E-state index in [9.17, 15) is 4.79 Å². The Bertz CT molecular complexity index is 190. The van der Waals surface area contributed by atoms with Gasteiger partial charge in [0.05, 0.1) is 6.07 Å². The highest BCUT2D eigenvalue weighted by Gasteiger charge is 2.27. The van der Waals surface area contributed by atoms with E-state index in [4.69, 9.17) is 5.26 Å². The molecule has 0 aromatic heterocycles. The molecule has 2 heteroatoms. The zero-order valence-electron chi connectivity index (χ0n) is 6.35. The quantitative estimate of drug-likeness (QED) is 0.555. The first kappa shape index (κ1) is 8.90. The predicted octanol–water partition coefficient (Wildman–Crippen LogP) is 1.68. The summed E-state index contributed by atoms with van der Waals surface area (Å²) in [6, 6.07) is 1.96. The number of nitriles is 1. The van der Waals surface area contributed by atoms with Crippen LogP contribution in [-0.2, 0) is 4.79 Å². The van der Waals surface area contributed by atoms with Crippen LogP contribution in [0.3, 0.4) is 0 Å². The molecule has 2 nitrogen and oxygen atoms in total. The predicted molar refractivity (Wildman–Crippen MR) is 39.2 cm³/mol. The van der Waals surface area contributed by atoms with E-state index in [-0.39, 0.29) is 5.78 Å². The summed E-state index contributed by atoms with van der Waals surface area (Å²) in [4.78, 5) is 10.8. The average Bonchev–Trinajstić information content (AvgIpc) is 1.88. The van der Waals surface area contributed by atoms with Crippen molar-refractivity contribution in [2.75, 3.05) is 0 Å². The summed E-state index contributed by atoms with van der Waals surface area (Å²) in [5.74, 6) is -0.102. The van der Waals surface area contributed by atoms with Gasteiger partial charge in [-0.2, -0.15) is 5.26 Å². The van der Waals surface area contributed by atoms with E-state index in [0.717, 1.165) is 0 Å². The summed E-state index contributed by atoms with van der Waals surface area (Å²) in [6.45, 7) is 6.52. The number of allylic oxidation sites excluding steroid dienone is 1. The smallest absolute Gasteiger partial charge is 0.150 e. The number of nitrogens with zero attached hydrogens (tertiary/aromatic N) is 1. The Morgan fingerprint density at radius 1 is 1.90 bits per heavy atom. The van der Waals surface area contributed by atoms with Crippen LogP contribution in [0.1, 0.15) is 20.3 Å². The van der Waals surface area contributed by atoms with Gasteiger partial charge in [0.15, 0.2) is 0 Å². The summed E-state index contributed by atoms with van der Waals surface area (Å²) in [7, 11) is 0. The Morgan fingerprint density at radius 2 is 2.40 bits per heavy atom. The van der Waals surface area contributed by atoms with Gasteiger partial charge in [-0.05, 0) is 20.3 Å². The first-order valence-electron chi connectivity index (χ1n) is 3.10. The summed E-state index contributed by atoms with van der Waals surface area (Å²) >= 11 is 0. The fraction of sp³-hybridized carbons (Fsp3) is 0.500. The fourth-order valence-electron chi connectivity index (χ4n) is 0.557. The third-order valence-corrected chi connectivity index (χ3v) is 1.58. The molecule has 1 atom stereocenters. The Balaban J connectivity index is 4.42. The minimum absolute atomic E-state index is 0.102. The number of carbonyl (C=O) groups is 1. The molecule has 0 aliphatic carbocycles. The van der Waals surface area contributed by atoms with Gasteiger partial charge in [-0.25, -0.2) is 0 Å². The molecule has 10 heavy (non-hydrogen) atoms. The molecule has 0 radical (unpaired) electrons. The van der Waals surface area contributed by atoms with Crippen LogP contribution in [0, 0.1) is 16.7 Å². The van der Waals surface area contributed by atoms with Crippen LogP contribution < -0.4 is 0 Å². The highest BCUT2D eigenvalue weighted by molar-refractivity contribution is 5.84. The molecule has 0 N–H and O–H groups in total. The van der Waals surface area contributed by atoms with Crippen LogP contribution >= 0.6 is 0 Å². The molecule has 0 aliphatic rings. The Labute approximate surface area is 61.2 Å². The summed E-state index contributed by atoms with van der Waals surface area (Å²) in [6.07, 6.45) is 2.02. The average molecular weight is 137 g/mol. The molecule has 0 heterocycles. The zero-order valence-corrected chi connectivity index (χ0v) is 6.35. The van der Waals surface area contributed by atoms with Crippen LogP contribution in [0.2, 0.25) is 0 Å². The molecule has 0 saturated heterocycles. The number of carbonyl (C=O) groups excluding carboxylic acids is 1.